The van der Waals surface area contributed by atoms with Crippen molar-refractivity contribution >= 4 is 50.5 Å². The molecule has 27 heavy (non-hydrogen) atoms. The fraction of sp³-hybridized carbons (Fsp3) is 0.316. The van der Waals surface area contributed by atoms with Gasteiger partial charge in [0.1, 0.15) is 6.04 Å². The van der Waals surface area contributed by atoms with Crippen molar-refractivity contribution in [2.24, 2.45) is 0 Å². The van der Waals surface area contributed by atoms with Gasteiger partial charge in [-0.05, 0) is 55.7 Å². The van der Waals surface area contributed by atoms with E-state index in [1.807, 2.05) is 26.0 Å². The number of rotatable bonds is 6. The minimum atomic E-state index is -3.71. The number of amides is 1. The molecule has 0 saturated heterocycles. The molecule has 1 N–H and O–H groups in total. The number of nitrogens with zero attached hydrogens (tertiary/aromatic N) is 1. The molecule has 0 fully saturated rings. The van der Waals surface area contributed by atoms with Crippen LogP contribution in [0.25, 0.3) is 0 Å². The van der Waals surface area contributed by atoms with Gasteiger partial charge >= 0.3 is 0 Å². The van der Waals surface area contributed by atoms with E-state index in [-0.39, 0.29) is 6.42 Å². The lowest BCUT2D eigenvalue weighted by molar-refractivity contribution is -0.117. The summed E-state index contributed by atoms with van der Waals surface area (Å²) in [6.45, 7) is 5.44. The predicted molar refractivity (Wildman–Crippen MR) is 112 cm³/mol. The molecule has 0 spiro atoms. The van der Waals surface area contributed by atoms with Crippen molar-refractivity contribution in [1.29, 1.82) is 0 Å². The van der Waals surface area contributed by atoms with E-state index in [0.29, 0.717) is 21.4 Å². The number of benzene rings is 2. The molecule has 8 heteroatoms. The van der Waals surface area contributed by atoms with Gasteiger partial charge in [0.05, 0.1) is 22.7 Å². The summed E-state index contributed by atoms with van der Waals surface area (Å²) in [5.74, 6) is -0.479. The van der Waals surface area contributed by atoms with Gasteiger partial charge in [-0.25, -0.2) is 8.42 Å². The van der Waals surface area contributed by atoms with Crippen LogP contribution in [0.15, 0.2) is 36.4 Å². The van der Waals surface area contributed by atoms with E-state index in [1.165, 1.54) is 10.4 Å². The molecule has 0 aliphatic rings. The molecule has 2 aromatic rings. The molecule has 2 rings (SSSR count). The number of nitrogens with one attached hydrogen (secondary N) is 1. The van der Waals surface area contributed by atoms with Gasteiger partial charge in [0, 0.05) is 5.02 Å². The van der Waals surface area contributed by atoms with E-state index < -0.39 is 22.0 Å². The summed E-state index contributed by atoms with van der Waals surface area (Å²) in [4.78, 5) is 12.9. The zero-order valence-electron chi connectivity index (χ0n) is 15.6. The highest BCUT2D eigenvalue weighted by Crippen LogP contribution is 2.29. The number of hydrogen-bond donors (Lipinski definition) is 1. The van der Waals surface area contributed by atoms with Crippen molar-refractivity contribution in [3.05, 3.63) is 57.6 Å². The number of halogens is 2. The molecule has 0 bridgehead atoms. The van der Waals surface area contributed by atoms with Crippen molar-refractivity contribution in [1.82, 2.24) is 0 Å². The summed E-state index contributed by atoms with van der Waals surface area (Å²) >= 11 is 12.1. The monoisotopic (exact) mass is 428 g/mol. The summed E-state index contributed by atoms with van der Waals surface area (Å²) < 4.78 is 26.3. The Hall–Kier alpha value is -1.76. The summed E-state index contributed by atoms with van der Waals surface area (Å²) in [5.41, 5.74) is 2.48. The largest absolute Gasteiger partial charge is 0.323 e. The average Bonchev–Trinajstić information content (AvgIpc) is 2.57. The van der Waals surface area contributed by atoms with Gasteiger partial charge < -0.3 is 5.32 Å². The lowest BCUT2D eigenvalue weighted by atomic mass is 10.1. The first-order valence-corrected chi connectivity index (χ1v) is 11.0. The quantitative estimate of drug-likeness (QED) is 0.718. The van der Waals surface area contributed by atoms with Crippen LogP contribution in [0.2, 0.25) is 10.0 Å². The Morgan fingerprint density at radius 1 is 1.15 bits per heavy atom. The maximum atomic E-state index is 12.9. The number of aryl methyl sites for hydroxylation is 2. The third-order valence-electron chi connectivity index (χ3n) is 4.12. The molecule has 1 amide bonds. The third kappa shape index (κ3) is 5.15. The molecular formula is C19H22Cl2N2O3S. The average molecular weight is 429 g/mol. The number of sulfonamides is 1. The van der Waals surface area contributed by atoms with Gasteiger partial charge in [0.15, 0.2) is 0 Å². The zero-order valence-corrected chi connectivity index (χ0v) is 17.9. The SMILES string of the molecule is CC[C@@H](C(=O)Nc1cc(Cl)ccc1Cl)N(c1cc(C)ccc1C)S(C)(=O)=O. The number of carbonyl (C=O) groups excluding carboxylic acids is 1. The Morgan fingerprint density at radius 2 is 1.81 bits per heavy atom. The highest BCUT2D eigenvalue weighted by atomic mass is 35.5. The molecule has 0 saturated carbocycles. The summed E-state index contributed by atoms with van der Waals surface area (Å²) in [6, 6.07) is 9.26. The second-order valence-electron chi connectivity index (χ2n) is 6.39. The van der Waals surface area contributed by atoms with Crippen LogP contribution in [0.3, 0.4) is 0 Å². The maximum Gasteiger partial charge on any atom is 0.248 e. The fourth-order valence-corrected chi connectivity index (χ4v) is 4.40. The minimum Gasteiger partial charge on any atom is -0.323 e. The molecule has 0 radical (unpaired) electrons. The van der Waals surface area contributed by atoms with Gasteiger partial charge in [0.2, 0.25) is 15.9 Å². The molecule has 2 aromatic carbocycles. The van der Waals surface area contributed by atoms with Gasteiger partial charge in [-0.3, -0.25) is 9.10 Å². The van der Waals surface area contributed by atoms with E-state index in [0.717, 1.165) is 17.4 Å². The fourth-order valence-electron chi connectivity index (χ4n) is 2.80. The highest BCUT2D eigenvalue weighted by Gasteiger charge is 2.32. The van der Waals surface area contributed by atoms with Crippen LogP contribution >= 0.6 is 23.2 Å². The van der Waals surface area contributed by atoms with Crippen LogP contribution in [0.5, 0.6) is 0 Å². The first kappa shape index (κ1) is 21.5. The normalized spacial score (nSPS) is 12.5. The lowest BCUT2D eigenvalue weighted by Crippen LogP contribution is -2.47. The number of hydrogen-bond acceptors (Lipinski definition) is 3. The van der Waals surface area contributed by atoms with E-state index in [4.69, 9.17) is 23.2 Å². The summed E-state index contributed by atoms with van der Waals surface area (Å²) in [7, 11) is -3.71. The van der Waals surface area contributed by atoms with Crippen LogP contribution in [-0.4, -0.2) is 26.6 Å². The molecule has 1 atom stereocenters. The topological polar surface area (TPSA) is 66.5 Å². The van der Waals surface area contributed by atoms with Crippen LogP contribution in [0.4, 0.5) is 11.4 Å². The van der Waals surface area contributed by atoms with E-state index in [9.17, 15) is 13.2 Å². The van der Waals surface area contributed by atoms with E-state index in [2.05, 4.69) is 5.32 Å². The standard InChI is InChI=1S/C19H22Cl2N2O3S/c1-5-17(19(24)22-16-11-14(20)8-9-15(16)21)23(27(4,25)26)18-10-12(2)6-7-13(18)3/h6-11,17H,5H2,1-4H3,(H,22,24)/t17-/m0/s1. The Bertz CT molecular complexity index is 961. The van der Waals surface area contributed by atoms with Gasteiger partial charge in [-0.2, -0.15) is 0 Å². The van der Waals surface area contributed by atoms with Crippen LogP contribution in [0, 0.1) is 13.8 Å². The Balaban J connectivity index is 2.48. The minimum absolute atomic E-state index is 0.282. The van der Waals surface area contributed by atoms with Gasteiger partial charge in [-0.1, -0.05) is 42.3 Å². The smallest absolute Gasteiger partial charge is 0.248 e. The Labute approximate surface area is 170 Å². The lowest BCUT2D eigenvalue weighted by Gasteiger charge is -2.31. The van der Waals surface area contributed by atoms with Crippen molar-refractivity contribution in [2.45, 2.75) is 33.2 Å². The predicted octanol–water partition coefficient (Wildman–Crippen LogP) is 4.79. The molecule has 5 nitrogen and oxygen atoms in total. The number of carbonyl (C=O) groups is 1. The van der Waals surface area contributed by atoms with Crippen molar-refractivity contribution in [3.8, 4) is 0 Å². The molecule has 146 valence electrons. The molecule has 0 heterocycles. The maximum absolute atomic E-state index is 12.9. The summed E-state index contributed by atoms with van der Waals surface area (Å²) in [6.07, 6.45) is 1.38. The third-order valence-corrected chi connectivity index (χ3v) is 5.85. The Kier molecular flexibility index (Phi) is 6.78. The number of anilines is 2. The first-order chi connectivity index (χ1) is 12.5. The second-order valence-corrected chi connectivity index (χ2v) is 9.09. The summed E-state index contributed by atoms with van der Waals surface area (Å²) in [5, 5.41) is 3.43. The molecule has 0 aliphatic heterocycles. The van der Waals surface area contributed by atoms with Crippen molar-refractivity contribution in [2.75, 3.05) is 15.9 Å². The molecular weight excluding hydrogens is 407 g/mol. The van der Waals surface area contributed by atoms with Crippen LogP contribution in [-0.2, 0) is 14.8 Å². The second kappa shape index (κ2) is 8.50. The van der Waals surface area contributed by atoms with Crippen molar-refractivity contribution < 1.29 is 13.2 Å². The van der Waals surface area contributed by atoms with Gasteiger partial charge in [0.25, 0.3) is 0 Å². The molecule has 0 aliphatic carbocycles. The van der Waals surface area contributed by atoms with E-state index in [1.54, 1.807) is 25.1 Å². The molecule has 0 unspecified atom stereocenters. The van der Waals surface area contributed by atoms with Crippen molar-refractivity contribution in [3.63, 3.8) is 0 Å². The van der Waals surface area contributed by atoms with Crippen LogP contribution < -0.4 is 9.62 Å². The zero-order chi connectivity index (χ0) is 20.4. The van der Waals surface area contributed by atoms with Gasteiger partial charge in [-0.15, -0.1) is 0 Å². The highest BCUT2D eigenvalue weighted by molar-refractivity contribution is 7.92. The van der Waals surface area contributed by atoms with E-state index >= 15 is 0 Å². The Morgan fingerprint density at radius 3 is 2.41 bits per heavy atom. The first-order valence-electron chi connectivity index (χ1n) is 8.37. The van der Waals surface area contributed by atoms with Crippen LogP contribution in [0.1, 0.15) is 24.5 Å². The molecule has 0 aromatic heterocycles.